The van der Waals surface area contributed by atoms with E-state index in [1.807, 2.05) is 12.1 Å². The van der Waals surface area contributed by atoms with E-state index in [9.17, 15) is 0 Å². The van der Waals surface area contributed by atoms with Crippen LogP contribution >= 0.6 is 11.6 Å². The number of hydrogen-bond acceptors (Lipinski definition) is 1. The summed E-state index contributed by atoms with van der Waals surface area (Å²) in [5, 5.41) is 5.44. The lowest BCUT2D eigenvalue weighted by molar-refractivity contribution is 0.591. The third kappa shape index (κ3) is 2.39. The number of halogens is 1. The molecular formula is C13H17ClN2. The number of H-pyrrole nitrogens is 1. The molecule has 0 fully saturated rings. The van der Waals surface area contributed by atoms with Crippen LogP contribution in [-0.4, -0.2) is 17.6 Å². The summed E-state index contributed by atoms with van der Waals surface area (Å²) in [7, 11) is 0. The van der Waals surface area contributed by atoms with Crippen LogP contribution in [-0.2, 0) is 6.42 Å². The lowest BCUT2D eigenvalue weighted by Gasteiger charge is -2.06. The maximum absolute atomic E-state index is 6.11. The predicted octanol–water partition coefficient (Wildman–Crippen LogP) is 3.36. The van der Waals surface area contributed by atoms with Crippen LogP contribution in [0.5, 0.6) is 0 Å². The Kier molecular flexibility index (Phi) is 3.52. The Labute approximate surface area is 101 Å². The fourth-order valence-electron chi connectivity index (χ4n) is 1.88. The highest BCUT2D eigenvalue weighted by molar-refractivity contribution is 6.35. The van der Waals surface area contributed by atoms with E-state index in [1.54, 1.807) is 0 Å². The zero-order valence-corrected chi connectivity index (χ0v) is 10.4. The third-order valence-electron chi connectivity index (χ3n) is 2.70. The molecule has 0 aliphatic rings. The Bertz CT molecular complexity index is 474. The van der Waals surface area contributed by atoms with Crippen molar-refractivity contribution in [3.8, 4) is 0 Å². The summed E-state index contributed by atoms with van der Waals surface area (Å²) in [4.78, 5) is 3.23. The Morgan fingerprint density at radius 3 is 2.94 bits per heavy atom. The van der Waals surface area contributed by atoms with E-state index in [0.29, 0.717) is 6.04 Å². The fourth-order valence-corrected chi connectivity index (χ4v) is 2.11. The number of aromatic amines is 1. The van der Waals surface area contributed by atoms with E-state index in [0.717, 1.165) is 23.5 Å². The number of nitrogens with one attached hydrogen (secondary N) is 2. The smallest absolute Gasteiger partial charge is 0.0647 e. The van der Waals surface area contributed by atoms with Crippen molar-refractivity contribution in [1.82, 2.24) is 10.3 Å². The lowest BCUT2D eigenvalue weighted by Crippen LogP contribution is -2.24. The molecule has 0 saturated carbocycles. The summed E-state index contributed by atoms with van der Waals surface area (Å²) in [6.45, 7) is 5.31. The minimum absolute atomic E-state index is 0.536. The van der Waals surface area contributed by atoms with E-state index < -0.39 is 0 Å². The molecule has 0 aliphatic carbocycles. The largest absolute Gasteiger partial charge is 0.360 e. The van der Waals surface area contributed by atoms with Gasteiger partial charge in [-0.3, -0.25) is 0 Å². The molecule has 2 aromatic rings. The molecule has 0 amide bonds. The van der Waals surface area contributed by atoms with Gasteiger partial charge in [-0.25, -0.2) is 0 Å². The van der Waals surface area contributed by atoms with E-state index >= 15 is 0 Å². The molecule has 0 radical (unpaired) electrons. The van der Waals surface area contributed by atoms with Crippen molar-refractivity contribution in [2.75, 3.05) is 6.54 Å². The third-order valence-corrected chi connectivity index (χ3v) is 3.01. The van der Waals surface area contributed by atoms with Crippen molar-refractivity contribution >= 4 is 22.5 Å². The van der Waals surface area contributed by atoms with E-state index in [1.165, 1.54) is 10.9 Å². The van der Waals surface area contributed by atoms with Crippen molar-refractivity contribution in [3.63, 3.8) is 0 Å². The molecule has 2 rings (SSSR count). The van der Waals surface area contributed by atoms with Crippen LogP contribution in [0.15, 0.2) is 24.4 Å². The summed E-state index contributed by atoms with van der Waals surface area (Å²) >= 11 is 6.11. The second-order valence-electron chi connectivity index (χ2n) is 4.34. The number of fused-ring (bicyclic) bond motifs is 1. The van der Waals surface area contributed by atoms with Crippen molar-refractivity contribution in [1.29, 1.82) is 0 Å². The van der Waals surface area contributed by atoms with Crippen LogP contribution in [0.2, 0.25) is 5.02 Å². The lowest BCUT2D eigenvalue weighted by atomic mass is 10.1. The summed E-state index contributed by atoms with van der Waals surface area (Å²) in [6, 6.07) is 6.56. The molecule has 16 heavy (non-hydrogen) atoms. The zero-order valence-electron chi connectivity index (χ0n) is 9.68. The predicted molar refractivity (Wildman–Crippen MR) is 70.2 cm³/mol. The highest BCUT2D eigenvalue weighted by Crippen LogP contribution is 2.25. The molecule has 0 aliphatic heterocycles. The molecular weight excluding hydrogens is 220 g/mol. The van der Waals surface area contributed by atoms with Crippen LogP contribution in [0, 0.1) is 0 Å². The molecule has 0 saturated heterocycles. The topological polar surface area (TPSA) is 27.8 Å². The highest BCUT2D eigenvalue weighted by Gasteiger charge is 2.05. The van der Waals surface area contributed by atoms with Gasteiger partial charge in [-0.1, -0.05) is 37.6 Å². The van der Waals surface area contributed by atoms with Gasteiger partial charge in [-0.2, -0.15) is 0 Å². The number of para-hydroxylation sites is 1. The first-order valence-corrected chi connectivity index (χ1v) is 6.04. The van der Waals surface area contributed by atoms with E-state index in [2.05, 4.69) is 36.4 Å². The van der Waals surface area contributed by atoms with Gasteiger partial charge < -0.3 is 10.3 Å². The molecule has 0 bridgehead atoms. The SMILES string of the molecule is CC(C)NCCc1c[nH]c2c(Cl)cccc12. The quantitative estimate of drug-likeness (QED) is 0.837. The van der Waals surface area contributed by atoms with Gasteiger partial charge in [-0.05, 0) is 24.6 Å². The molecule has 2 N–H and O–H groups in total. The zero-order chi connectivity index (χ0) is 11.5. The highest BCUT2D eigenvalue weighted by atomic mass is 35.5. The number of rotatable bonds is 4. The van der Waals surface area contributed by atoms with Gasteiger partial charge in [0.2, 0.25) is 0 Å². The molecule has 3 heteroatoms. The molecule has 1 aromatic carbocycles. The Balaban J connectivity index is 2.16. The van der Waals surface area contributed by atoms with Crippen LogP contribution in [0.4, 0.5) is 0 Å². The average molecular weight is 237 g/mol. The Hall–Kier alpha value is -0.990. The first-order chi connectivity index (χ1) is 7.68. The van der Waals surface area contributed by atoms with Gasteiger partial charge in [0.25, 0.3) is 0 Å². The molecule has 1 aromatic heterocycles. The van der Waals surface area contributed by atoms with Crippen molar-refractivity contribution in [2.45, 2.75) is 26.3 Å². The first-order valence-electron chi connectivity index (χ1n) is 5.66. The maximum atomic E-state index is 6.11. The minimum Gasteiger partial charge on any atom is -0.360 e. The molecule has 0 spiro atoms. The monoisotopic (exact) mass is 236 g/mol. The van der Waals surface area contributed by atoms with Gasteiger partial charge >= 0.3 is 0 Å². The summed E-state index contributed by atoms with van der Waals surface area (Å²) < 4.78 is 0. The molecule has 2 nitrogen and oxygen atoms in total. The van der Waals surface area contributed by atoms with Crippen molar-refractivity contribution in [3.05, 3.63) is 35.0 Å². The van der Waals surface area contributed by atoms with E-state index in [4.69, 9.17) is 11.6 Å². The molecule has 1 heterocycles. The maximum Gasteiger partial charge on any atom is 0.0647 e. The summed E-state index contributed by atoms with van der Waals surface area (Å²) in [6.07, 6.45) is 3.08. The van der Waals surface area contributed by atoms with Crippen molar-refractivity contribution in [2.24, 2.45) is 0 Å². The second kappa shape index (κ2) is 4.89. The summed E-state index contributed by atoms with van der Waals surface area (Å²) in [5.74, 6) is 0. The van der Waals surface area contributed by atoms with Gasteiger partial charge in [0, 0.05) is 17.6 Å². The molecule has 0 atom stereocenters. The van der Waals surface area contributed by atoms with Gasteiger partial charge in [0.1, 0.15) is 0 Å². The number of aromatic nitrogens is 1. The fraction of sp³-hybridized carbons (Fsp3) is 0.385. The van der Waals surface area contributed by atoms with Gasteiger partial charge in [0.05, 0.1) is 10.5 Å². The molecule has 86 valence electrons. The normalized spacial score (nSPS) is 11.5. The van der Waals surface area contributed by atoms with Gasteiger partial charge in [-0.15, -0.1) is 0 Å². The average Bonchev–Trinajstić information content (AvgIpc) is 2.63. The van der Waals surface area contributed by atoms with Crippen LogP contribution < -0.4 is 5.32 Å². The number of benzene rings is 1. The standard InChI is InChI=1S/C13H17ClN2/c1-9(2)15-7-6-10-8-16-13-11(10)4-3-5-12(13)14/h3-5,8-9,15-16H,6-7H2,1-2H3. The Morgan fingerprint density at radius 1 is 1.38 bits per heavy atom. The van der Waals surface area contributed by atoms with Crippen LogP contribution in [0.1, 0.15) is 19.4 Å². The minimum atomic E-state index is 0.536. The van der Waals surface area contributed by atoms with Crippen LogP contribution in [0.25, 0.3) is 10.9 Å². The van der Waals surface area contributed by atoms with Crippen LogP contribution in [0.3, 0.4) is 0 Å². The second-order valence-corrected chi connectivity index (χ2v) is 4.74. The van der Waals surface area contributed by atoms with Crippen molar-refractivity contribution < 1.29 is 0 Å². The molecule has 0 unspecified atom stereocenters. The Morgan fingerprint density at radius 2 is 2.19 bits per heavy atom. The summed E-state index contributed by atoms with van der Waals surface area (Å²) in [5.41, 5.74) is 2.37. The van der Waals surface area contributed by atoms with Gasteiger partial charge in [0.15, 0.2) is 0 Å². The van der Waals surface area contributed by atoms with E-state index in [-0.39, 0.29) is 0 Å². The first kappa shape index (κ1) is 11.5. The number of hydrogen-bond donors (Lipinski definition) is 2.